The van der Waals surface area contributed by atoms with Gasteiger partial charge >= 0.3 is 0 Å². The van der Waals surface area contributed by atoms with Gasteiger partial charge < -0.3 is 14.6 Å². The Labute approximate surface area is 177 Å². The van der Waals surface area contributed by atoms with Crippen molar-refractivity contribution in [3.05, 3.63) is 59.3 Å². The van der Waals surface area contributed by atoms with Gasteiger partial charge in [0.2, 0.25) is 5.91 Å². The van der Waals surface area contributed by atoms with Gasteiger partial charge in [0.15, 0.2) is 0 Å². The van der Waals surface area contributed by atoms with Crippen molar-refractivity contribution in [3.63, 3.8) is 0 Å². The zero-order chi connectivity index (χ0) is 21.9. The monoisotopic (exact) mass is 399 g/mol. The zero-order valence-corrected chi connectivity index (χ0v) is 18.0. The minimum Gasteiger partial charge on any atom is -0.497 e. The smallest absolute Gasteiger partial charge is 0.229 e. The van der Waals surface area contributed by atoms with Gasteiger partial charge in [-0.2, -0.15) is 5.26 Å². The Morgan fingerprint density at radius 2 is 1.93 bits per heavy atom. The summed E-state index contributed by atoms with van der Waals surface area (Å²) >= 11 is 0. The second-order valence-electron chi connectivity index (χ2n) is 8.00. The van der Waals surface area contributed by atoms with Gasteiger partial charge in [0, 0.05) is 34.7 Å². The van der Waals surface area contributed by atoms with Crippen LogP contribution >= 0.6 is 0 Å². The quantitative estimate of drug-likeness (QED) is 0.635. The lowest BCUT2D eigenvalue weighted by Gasteiger charge is -2.17. The number of ether oxygens (including phenoxy) is 1. The summed E-state index contributed by atoms with van der Waals surface area (Å²) in [6.45, 7) is 8.31. The fourth-order valence-electron chi connectivity index (χ4n) is 3.15. The van der Waals surface area contributed by atoms with Crippen molar-refractivity contribution in [2.45, 2.75) is 34.2 Å². The van der Waals surface area contributed by atoms with Crippen molar-refractivity contribution in [2.24, 2.45) is 5.41 Å². The van der Waals surface area contributed by atoms with Crippen LogP contribution in [-0.2, 0) is 11.3 Å². The van der Waals surface area contributed by atoms with Gasteiger partial charge in [0.05, 0.1) is 18.2 Å². The normalized spacial score (nSPS) is 10.8. The number of aryl methyl sites for hydroxylation is 1. The molecule has 5 heteroatoms. The van der Waals surface area contributed by atoms with Crippen LogP contribution in [0.25, 0.3) is 10.9 Å². The number of benzene rings is 2. The summed E-state index contributed by atoms with van der Waals surface area (Å²) in [5, 5.41) is 13.5. The Morgan fingerprint density at radius 3 is 2.57 bits per heavy atom. The Kier molecular flexibility index (Phi) is 5.85. The van der Waals surface area contributed by atoms with E-state index in [1.54, 1.807) is 7.11 Å². The summed E-state index contributed by atoms with van der Waals surface area (Å²) in [6.07, 6.45) is 0. The maximum Gasteiger partial charge on any atom is 0.229 e. The number of nitrogens with zero attached hydrogens (tertiary/aromatic N) is 2. The van der Waals surface area contributed by atoms with Gasteiger partial charge in [-0.25, -0.2) is 0 Å². The Bertz CT molecular complexity index is 1210. The maximum absolute atomic E-state index is 12.2. The molecule has 0 saturated carbocycles. The number of aromatic nitrogens is 1. The standard InChI is InChI=1S/C25H25N3O2/c1-6-28-22(21(16-26)20-12-11-19(30-5)15-23(20)28)13-10-17-8-7-9-18(14-17)27-24(29)25(2,3)4/h7-9,11-12,14-15H,6H2,1-5H3,(H,27,29). The highest BCUT2D eigenvalue weighted by Gasteiger charge is 2.21. The van der Waals surface area contributed by atoms with E-state index in [0.717, 1.165) is 22.2 Å². The van der Waals surface area contributed by atoms with Gasteiger partial charge in [-0.05, 0) is 43.2 Å². The van der Waals surface area contributed by atoms with Crippen LogP contribution in [0.3, 0.4) is 0 Å². The molecule has 0 atom stereocenters. The number of amides is 1. The lowest BCUT2D eigenvalue weighted by Crippen LogP contribution is -2.27. The van der Waals surface area contributed by atoms with E-state index in [4.69, 9.17) is 4.74 Å². The lowest BCUT2D eigenvalue weighted by molar-refractivity contribution is -0.123. The SMILES string of the molecule is CCn1c(C#Cc2cccc(NC(=O)C(C)(C)C)c2)c(C#N)c2ccc(OC)cc21. The molecule has 1 heterocycles. The van der Waals surface area contributed by atoms with Crippen LogP contribution in [0, 0.1) is 28.6 Å². The summed E-state index contributed by atoms with van der Waals surface area (Å²) in [7, 11) is 1.62. The van der Waals surface area contributed by atoms with E-state index in [9.17, 15) is 10.1 Å². The molecule has 0 saturated heterocycles. The first-order chi connectivity index (χ1) is 14.3. The molecule has 3 aromatic rings. The number of carbonyl (C=O) groups is 1. The fourth-order valence-corrected chi connectivity index (χ4v) is 3.15. The topological polar surface area (TPSA) is 67.0 Å². The molecule has 3 rings (SSSR count). The van der Waals surface area contributed by atoms with E-state index in [1.165, 1.54) is 0 Å². The maximum atomic E-state index is 12.2. The summed E-state index contributed by atoms with van der Waals surface area (Å²) in [5.74, 6) is 7.00. The van der Waals surface area contributed by atoms with Crippen LogP contribution in [0.4, 0.5) is 5.69 Å². The molecule has 0 aliphatic heterocycles. The van der Waals surface area contributed by atoms with Crippen molar-refractivity contribution < 1.29 is 9.53 Å². The molecule has 0 fully saturated rings. The van der Waals surface area contributed by atoms with Crippen molar-refractivity contribution in [1.29, 1.82) is 5.26 Å². The second kappa shape index (κ2) is 8.35. The fraction of sp³-hybridized carbons (Fsp3) is 0.280. The van der Waals surface area contributed by atoms with Crippen LogP contribution in [0.1, 0.15) is 44.5 Å². The summed E-state index contributed by atoms with van der Waals surface area (Å²) in [4.78, 5) is 12.2. The number of nitriles is 1. The number of carbonyl (C=O) groups excluding carboxylic acids is 1. The number of hydrogen-bond acceptors (Lipinski definition) is 3. The first kappa shape index (κ1) is 21.0. The van der Waals surface area contributed by atoms with Gasteiger partial charge in [0.1, 0.15) is 17.5 Å². The van der Waals surface area contributed by atoms with Gasteiger partial charge in [-0.3, -0.25) is 4.79 Å². The summed E-state index contributed by atoms with van der Waals surface area (Å²) in [5.41, 5.74) is 3.13. The molecule has 1 aromatic heterocycles. The van der Waals surface area contributed by atoms with Crippen molar-refractivity contribution in [3.8, 4) is 23.7 Å². The second-order valence-corrected chi connectivity index (χ2v) is 8.00. The number of anilines is 1. The summed E-state index contributed by atoms with van der Waals surface area (Å²) < 4.78 is 7.36. The average molecular weight is 399 g/mol. The number of fused-ring (bicyclic) bond motifs is 1. The molecule has 0 aliphatic rings. The van der Waals surface area contributed by atoms with E-state index in [-0.39, 0.29) is 5.91 Å². The van der Waals surface area contributed by atoms with Crippen LogP contribution in [-0.4, -0.2) is 17.6 Å². The van der Waals surface area contributed by atoms with E-state index in [2.05, 4.69) is 23.2 Å². The molecule has 0 unspecified atom stereocenters. The predicted octanol–water partition coefficient (Wildman–Crippen LogP) is 4.93. The minimum absolute atomic E-state index is 0.0561. The largest absolute Gasteiger partial charge is 0.497 e. The Morgan fingerprint density at radius 1 is 1.17 bits per heavy atom. The van der Waals surface area contributed by atoms with Crippen molar-refractivity contribution in [1.82, 2.24) is 4.57 Å². The highest BCUT2D eigenvalue weighted by molar-refractivity contribution is 5.94. The molecule has 0 spiro atoms. The average Bonchev–Trinajstić information content (AvgIpc) is 3.03. The predicted molar refractivity (Wildman–Crippen MR) is 119 cm³/mol. The number of methoxy groups -OCH3 is 1. The van der Waals surface area contributed by atoms with E-state index < -0.39 is 5.41 Å². The molecule has 152 valence electrons. The molecule has 0 radical (unpaired) electrons. The van der Waals surface area contributed by atoms with Crippen LogP contribution in [0.2, 0.25) is 0 Å². The Balaban J connectivity index is 2.03. The molecule has 30 heavy (non-hydrogen) atoms. The third kappa shape index (κ3) is 4.16. The van der Waals surface area contributed by atoms with Crippen LogP contribution < -0.4 is 10.1 Å². The zero-order valence-electron chi connectivity index (χ0n) is 18.0. The van der Waals surface area contributed by atoms with E-state index >= 15 is 0 Å². The first-order valence-electron chi connectivity index (χ1n) is 9.82. The van der Waals surface area contributed by atoms with Gasteiger partial charge in [0.25, 0.3) is 0 Å². The minimum atomic E-state index is -0.480. The van der Waals surface area contributed by atoms with Crippen LogP contribution in [0.15, 0.2) is 42.5 Å². The number of rotatable bonds is 3. The van der Waals surface area contributed by atoms with E-state index in [0.29, 0.717) is 23.5 Å². The third-order valence-corrected chi connectivity index (χ3v) is 4.83. The van der Waals surface area contributed by atoms with Gasteiger partial charge in [-0.15, -0.1) is 0 Å². The number of hydrogen-bond donors (Lipinski definition) is 1. The molecular weight excluding hydrogens is 374 g/mol. The first-order valence-corrected chi connectivity index (χ1v) is 9.82. The molecular formula is C25H25N3O2. The number of nitrogens with one attached hydrogen (secondary N) is 1. The molecule has 2 aromatic carbocycles. The molecule has 5 nitrogen and oxygen atoms in total. The van der Waals surface area contributed by atoms with Gasteiger partial charge in [-0.1, -0.05) is 32.8 Å². The lowest BCUT2D eigenvalue weighted by atomic mass is 9.95. The molecule has 0 aliphatic carbocycles. The molecule has 1 N–H and O–H groups in total. The van der Waals surface area contributed by atoms with Crippen LogP contribution in [0.5, 0.6) is 5.75 Å². The Hall–Kier alpha value is -3.70. The molecule has 1 amide bonds. The highest BCUT2D eigenvalue weighted by Crippen LogP contribution is 2.29. The van der Waals surface area contributed by atoms with Crippen molar-refractivity contribution >= 4 is 22.5 Å². The highest BCUT2D eigenvalue weighted by atomic mass is 16.5. The van der Waals surface area contributed by atoms with E-state index in [1.807, 2.05) is 74.7 Å². The summed E-state index contributed by atoms with van der Waals surface area (Å²) in [6, 6.07) is 15.4. The molecule has 0 bridgehead atoms. The van der Waals surface area contributed by atoms with Crippen molar-refractivity contribution in [2.75, 3.05) is 12.4 Å². The third-order valence-electron chi connectivity index (χ3n) is 4.83.